The Morgan fingerprint density at radius 3 is 1.44 bits per heavy atom. The molecule has 0 bridgehead atoms. The molecule has 0 atom stereocenters. The number of carbonyl (C=O) groups is 2. The Morgan fingerprint density at radius 2 is 1.07 bits per heavy atom. The van der Waals surface area contributed by atoms with Crippen molar-refractivity contribution in [2.45, 2.75) is 0 Å². The number of nitrogens with one attached hydrogen (secondary N) is 2. The molecule has 6 nitrogen and oxygen atoms in total. The van der Waals surface area contributed by atoms with Crippen LogP contribution in [0.2, 0.25) is 0 Å². The van der Waals surface area contributed by atoms with E-state index in [4.69, 9.17) is 0 Å². The van der Waals surface area contributed by atoms with Gasteiger partial charge in [0.1, 0.15) is 0 Å². The summed E-state index contributed by atoms with van der Waals surface area (Å²) in [4.78, 5) is 24.7. The zero-order valence-corrected chi connectivity index (χ0v) is 14.3. The largest absolute Gasteiger partial charge is 0.488 e. The highest BCUT2D eigenvalue weighted by Crippen LogP contribution is 2.16. The van der Waals surface area contributed by atoms with Crippen molar-refractivity contribution in [3.8, 4) is 0 Å². The van der Waals surface area contributed by atoms with Gasteiger partial charge in [0.25, 0.3) is 11.8 Å². The second-order valence-electron chi connectivity index (χ2n) is 5.86. The van der Waals surface area contributed by atoms with Crippen LogP contribution in [0, 0.1) is 0 Å². The molecule has 0 unspecified atom stereocenters. The van der Waals surface area contributed by atoms with Gasteiger partial charge in [-0.3, -0.25) is 9.59 Å². The van der Waals surface area contributed by atoms with Gasteiger partial charge in [0, 0.05) is 22.5 Å². The van der Waals surface area contributed by atoms with Gasteiger partial charge >= 0.3 is 7.12 Å². The van der Waals surface area contributed by atoms with Gasteiger partial charge in [0.05, 0.1) is 0 Å². The van der Waals surface area contributed by atoms with Gasteiger partial charge in [0.15, 0.2) is 0 Å². The highest BCUT2D eigenvalue weighted by atomic mass is 16.4. The molecule has 134 valence electrons. The van der Waals surface area contributed by atoms with Gasteiger partial charge in [-0.2, -0.15) is 0 Å². The summed E-state index contributed by atoms with van der Waals surface area (Å²) >= 11 is 0. The predicted molar refractivity (Wildman–Crippen MR) is 105 cm³/mol. The molecule has 0 fully saturated rings. The van der Waals surface area contributed by atoms with E-state index < -0.39 is 7.12 Å². The lowest BCUT2D eigenvalue weighted by atomic mass is 9.80. The highest BCUT2D eigenvalue weighted by Gasteiger charge is 2.16. The Morgan fingerprint density at radius 1 is 0.667 bits per heavy atom. The Labute approximate surface area is 156 Å². The molecule has 0 aromatic heterocycles. The minimum atomic E-state index is -1.74. The topological polar surface area (TPSA) is 98.7 Å². The number of amides is 2. The Kier molecular flexibility index (Phi) is 5.66. The van der Waals surface area contributed by atoms with Gasteiger partial charge in [0.2, 0.25) is 0 Å². The second-order valence-corrected chi connectivity index (χ2v) is 5.86. The van der Waals surface area contributed by atoms with E-state index in [1.165, 1.54) is 12.1 Å². The standard InChI is InChI=1S/C20H17BN2O4/c24-19(14-7-3-1-4-8-14)22-17-11-16(21(26)27)12-18(13-17)23-20(25)15-9-5-2-6-10-15/h1-13,26-27H,(H,22,24)(H,23,25). The highest BCUT2D eigenvalue weighted by molar-refractivity contribution is 6.59. The first-order valence-electron chi connectivity index (χ1n) is 8.27. The smallest absolute Gasteiger partial charge is 0.423 e. The summed E-state index contributed by atoms with van der Waals surface area (Å²) in [7, 11) is -1.74. The van der Waals surface area contributed by atoms with Crippen molar-refractivity contribution in [2.24, 2.45) is 0 Å². The third-order valence-corrected chi connectivity index (χ3v) is 3.84. The van der Waals surface area contributed by atoms with Crippen molar-refractivity contribution in [3.05, 3.63) is 90.0 Å². The number of hydrogen-bond acceptors (Lipinski definition) is 4. The molecule has 3 rings (SSSR count). The minimum Gasteiger partial charge on any atom is -0.423 e. The van der Waals surface area contributed by atoms with E-state index in [9.17, 15) is 19.6 Å². The molecule has 4 N–H and O–H groups in total. The van der Waals surface area contributed by atoms with Crippen molar-refractivity contribution in [1.29, 1.82) is 0 Å². The molecule has 7 heteroatoms. The molecule has 3 aromatic rings. The molecule has 0 aliphatic rings. The lowest BCUT2D eigenvalue weighted by Crippen LogP contribution is -2.31. The Balaban J connectivity index is 1.84. The van der Waals surface area contributed by atoms with Crippen LogP contribution >= 0.6 is 0 Å². The Hall–Kier alpha value is -3.42. The van der Waals surface area contributed by atoms with E-state index in [1.54, 1.807) is 66.7 Å². The first kappa shape index (κ1) is 18.4. The van der Waals surface area contributed by atoms with Crippen LogP contribution in [0.25, 0.3) is 0 Å². The fourth-order valence-electron chi connectivity index (χ4n) is 2.53. The van der Waals surface area contributed by atoms with Crippen LogP contribution in [0.15, 0.2) is 78.9 Å². The molecule has 0 saturated heterocycles. The fraction of sp³-hybridized carbons (Fsp3) is 0. The first-order valence-corrected chi connectivity index (χ1v) is 8.27. The molecule has 0 radical (unpaired) electrons. The predicted octanol–water partition coefficient (Wildman–Crippen LogP) is 1.87. The number of benzene rings is 3. The van der Waals surface area contributed by atoms with E-state index in [1.807, 2.05) is 0 Å². The molecular weight excluding hydrogens is 343 g/mol. The van der Waals surface area contributed by atoms with Crippen LogP contribution in [0.5, 0.6) is 0 Å². The van der Waals surface area contributed by atoms with Crippen molar-refractivity contribution in [3.63, 3.8) is 0 Å². The third-order valence-electron chi connectivity index (χ3n) is 3.84. The number of rotatable bonds is 5. The summed E-state index contributed by atoms with van der Waals surface area (Å²) in [6.07, 6.45) is 0. The van der Waals surface area contributed by atoms with Gasteiger partial charge in [-0.25, -0.2) is 0 Å². The van der Waals surface area contributed by atoms with Crippen molar-refractivity contribution < 1.29 is 19.6 Å². The van der Waals surface area contributed by atoms with Gasteiger partial charge in [-0.15, -0.1) is 0 Å². The lowest BCUT2D eigenvalue weighted by Gasteiger charge is -2.12. The second kappa shape index (κ2) is 8.31. The monoisotopic (exact) mass is 360 g/mol. The van der Waals surface area contributed by atoms with Crippen LogP contribution in [0.4, 0.5) is 11.4 Å². The fourth-order valence-corrected chi connectivity index (χ4v) is 2.53. The van der Waals surface area contributed by atoms with Crippen LogP contribution in [0.1, 0.15) is 20.7 Å². The SMILES string of the molecule is O=C(Nc1cc(NC(=O)c2ccccc2)cc(B(O)O)c1)c1ccccc1. The van der Waals surface area contributed by atoms with Gasteiger partial charge < -0.3 is 20.7 Å². The number of anilines is 2. The van der Waals surface area contributed by atoms with Crippen molar-refractivity contribution in [2.75, 3.05) is 10.6 Å². The van der Waals surface area contributed by atoms with Crippen molar-refractivity contribution in [1.82, 2.24) is 0 Å². The first-order chi connectivity index (χ1) is 13.0. The quantitative estimate of drug-likeness (QED) is 0.522. The average Bonchev–Trinajstić information content (AvgIpc) is 2.69. The molecule has 0 saturated carbocycles. The van der Waals surface area contributed by atoms with Crippen molar-refractivity contribution >= 4 is 35.8 Å². The number of hydrogen-bond donors (Lipinski definition) is 4. The van der Waals surface area contributed by atoms with Crippen LogP contribution in [-0.2, 0) is 0 Å². The zero-order valence-electron chi connectivity index (χ0n) is 14.3. The van der Waals surface area contributed by atoms with E-state index in [-0.39, 0.29) is 17.3 Å². The maximum atomic E-state index is 12.3. The summed E-state index contributed by atoms with van der Waals surface area (Å²) in [5.74, 6) is -0.693. The molecule has 0 heterocycles. The summed E-state index contributed by atoms with van der Waals surface area (Å²) in [5, 5.41) is 24.4. The lowest BCUT2D eigenvalue weighted by molar-refractivity contribution is 0.101. The van der Waals surface area contributed by atoms with E-state index in [2.05, 4.69) is 10.6 Å². The maximum absolute atomic E-state index is 12.3. The zero-order chi connectivity index (χ0) is 19.2. The number of carbonyl (C=O) groups excluding carboxylic acids is 2. The summed E-state index contributed by atoms with van der Waals surface area (Å²) in [5.41, 5.74) is 1.73. The molecule has 2 amide bonds. The van der Waals surface area contributed by atoms with E-state index in [0.29, 0.717) is 22.5 Å². The summed E-state index contributed by atoms with van der Waals surface area (Å²) in [6.45, 7) is 0. The minimum absolute atomic E-state index is 0.143. The molecule has 27 heavy (non-hydrogen) atoms. The van der Waals surface area contributed by atoms with E-state index >= 15 is 0 Å². The molecule has 0 aliphatic carbocycles. The van der Waals surface area contributed by atoms with Crippen LogP contribution in [-0.4, -0.2) is 29.0 Å². The molecule has 3 aromatic carbocycles. The summed E-state index contributed by atoms with van der Waals surface area (Å²) < 4.78 is 0. The molecular formula is C20H17BN2O4. The van der Waals surface area contributed by atoms with Crippen LogP contribution < -0.4 is 16.1 Å². The summed E-state index contributed by atoms with van der Waals surface area (Å²) in [6, 6.07) is 21.7. The van der Waals surface area contributed by atoms with E-state index in [0.717, 1.165) is 0 Å². The Bertz CT molecular complexity index is 875. The average molecular weight is 360 g/mol. The third kappa shape index (κ3) is 4.81. The molecule has 0 aliphatic heterocycles. The molecule has 0 spiro atoms. The maximum Gasteiger partial charge on any atom is 0.488 e. The van der Waals surface area contributed by atoms with Crippen LogP contribution in [0.3, 0.4) is 0 Å². The normalized spacial score (nSPS) is 10.1. The van der Waals surface area contributed by atoms with Gasteiger partial charge in [-0.05, 0) is 47.9 Å². The van der Waals surface area contributed by atoms with Gasteiger partial charge in [-0.1, -0.05) is 36.4 Å².